The number of benzene rings is 1. The molecule has 0 aliphatic carbocycles. The fourth-order valence-corrected chi connectivity index (χ4v) is 2.56. The Labute approximate surface area is 101 Å². The van der Waals surface area contributed by atoms with Gasteiger partial charge in [0, 0.05) is 36.9 Å². The number of hydrogen-bond acceptors (Lipinski definition) is 3. The lowest BCUT2D eigenvalue weighted by Gasteiger charge is -2.27. The third kappa shape index (κ3) is 1.87. The lowest BCUT2D eigenvalue weighted by atomic mass is 10.1. The Morgan fingerprint density at radius 1 is 1.29 bits per heavy atom. The van der Waals surface area contributed by atoms with Gasteiger partial charge in [0.1, 0.15) is 0 Å². The van der Waals surface area contributed by atoms with E-state index in [0.717, 1.165) is 18.6 Å². The number of hydrogen-bond donors (Lipinski definition) is 1. The molecule has 3 heteroatoms. The zero-order valence-electron chi connectivity index (χ0n) is 10.1. The van der Waals surface area contributed by atoms with Crippen LogP contribution in [0.2, 0.25) is 0 Å². The van der Waals surface area contributed by atoms with Gasteiger partial charge in [0.15, 0.2) is 0 Å². The molecule has 0 spiro atoms. The van der Waals surface area contributed by atoms with Crippen molar-refractivity contribution in [2.45, 2.75) is 12.5 Å². The molecule has 1 saturated heterocycles. The third-order valence-corrected chi connectivity index (χ3v) is 3.59. The minimum Gasteiger partial charge on any atom is -0.370 e. The van der Waals surface area contributed by atoms with Crippen molar-refractivity contribution in [1.82, 2.24) is 10.3 Å². The van der Waals surface area contributed by atoms with E-state index in [0.29, 0.717) is 6.04 Å². The highest BCUT2D eigenvalue weighted by Gasteiger charge is 2.20. The van der Waals surface area contributed by atoms with E-state index in [-0.39, 0.29) is 0 Å². The summed E-state index contributed by atoms with van der Waals surface area (Å²) in [6.07, 6.45) is 3.11. The second-order valence-corrected chi connectivity index (χ2v) is 4.60. The quantitative estimate of drug-likeness (QED) is 0.851. The van der Waals surface area contributed by atoms with Gasteiger partial charge in [-0.2, -0.15) is 0 Å². The van der Waals surface area contributed by atoms with Crippen LogP contribution < -0.4 is 10.2 Å². The van der Waals surface area contributed by atoms with Crippen LogP contribution in [0.25, 0.3) is 10.9 Å². The van der Waals surface area contributed by atoms with Gasteiger partial charge in [0.05, 0.1) is 5.52 Å². The summed E-state index contributed by atoms with van der Waals surface area (Å²) >= 11 is 0. The number of aromatic nitrogens is 1. The minimum absolute atomic E-state index is 0.598. The SMILES string of the molecule is CN(c1ccnc2ccccc12)[C@H]1CCNC1. The van der Waals surface area contributed by atoms with Crippen LogP contribution in [0.4, 0.5) is 5.69 Å². The summed E-state index contributed by atoms with van der Waals surface area (Å²) in [5, 5.41) is 4.65. The summed E-state index contributed by atoms with van der Waals surface area (Å²) in [5.74, 6) is 0. The summed E-state index contributed by atoms with van der Waals surface area (Å²) in [6.45, 7) is 2.20. The Morgan fingerprint density at radius 3 is 3.00 bits per heavy atom. The van der Waals surface area contributed by atoms with E-state index in [4.69, 9.17) is 0 Å². The molecule has 2 heterocycles. The highest BCUT2D eigenvalue weighted by atomic mass is 15.2. The fourth-order valence-electron chi connectivity index (χ4n) is 2.56. The number of anilines is 1. The van der Waals surface area contributed by atoms with Gasteiger partial charge in [-0.15, -0.1) is 0 Å². The number of rotatable bonds is 2. The molecule has 0 bridgehead atoms. The van der Waals surface area contributed by atoms with Crippen molar-refractivity contribution in [1.29, 1.82) is 0 Å². The van der Waals surface area contributed by atoms with Crippen LogP contribution in [-0.4, -0.2) is 31.2 Å². The van der Waals surface area contributed by atoms with Crippen molar-refractivity contribution in [3.8, 4) is 0 Å². The van der Waals surface area contributed by atoms with E-state index < -0.39 is 0 Å². The van der Waals surface area contributed by atoms with Gasteiger partial charge < -0.3 is 10.2 Å². The van der Waals surface area contributed by atoms with Gasteiger partial charge in [0.25, 0.3) is 0 Å². The third-order valence-electron chi connectivity index (χ3n) is 3.59. The molecule has 3 nitrogen and oxygen atoms in total. The largest absolute Gasteiger partial charge is 0.370 e. The fraction of sp³-hybridized carbons (Fsp3) is 0.357. The van der Waals surface area contributed by atoms with E-state index >= 15 is 0 Å². The van der Waals surface area contributed by atoms with Gasteiger partial charge in [-0.1, -0.05) is 18.2 Å². The lowest BCUT2D eigenvalue weighted by Crippen LogP contribution is -2.33. The standard InChI is InChI=1S/C14H17N3/c1-17(11-6-8-15-10-11)14-7-9-16-13-5-3-2-4-12(13)14/h2-5,7,9,11,15H,6,8,10H2,1H3/t11-/m0/s1. The molecule has 88 valence electrons. The number of fused-ring (bicyclic) bond motifs is 1. The molecule has 1 aliphatic rings. The van der Waals surface area contributed by atoms with Gasteiger partial charge in [-0.3, -0.25) is 4.98 Å². The summed E-state index contributed by atoms with van der Waals surface area (Å²) in [4.78, 5) is 6.79. The number of likely N-dealkylation sites (N-methyl/N-ethyl adjacent to an activating group) is 1. The molecule has 1 aromatic carbocycles. The molecule has 0 amide bonds. The molecule has 1 aliphatic heterocycles. The van der Waals surface area contributed by atoms with E-state index in [1.807, 2.05) is 12.3 Å². The Morgan fingerprint density at radius 2 is 2.18 bits per heavy atom. The number of nitrogens with zero attached hydrogens (tertiary/aromatic N) is 2. The van der Waals surface area contributed by atoms with Crippen LogP contribution in [0.3, 0.4) is 0 Å². The van der Waals surface area contributed by atoms with Crippen LogP contribution in [0.15, 0.2) is 36.5 Å². The minimum atomic E-state index is 0.598. The molecule has 3 rings (SSSR count). The predicted octanol–water partition coefficient (Wildman–Crippen LogP) is 2.03. The Balaban J connectivity index is 2.04. The number of nitrogens with one attached hydrogen (secondary N) is 1. The molecule has 0 unspecified atom stereocenters. The van der Waals surface area contributed by atoms with Crippen molar-refractivity contribution >= 4 is 16.6 Å². The molecule has 1 N–H and O–H groups in total. The molecular weight excluding hydrogens is 210 g/mol. The highest BCUT2D eigenvalue weighted by molar-refractivity contribution is 5.91. The van der Waals surface area contributed by atoms with E-state index in [1.165, 1.54) is 17.5 Å². The second-order valence-electron chi connectivity index (χ2n) is 4.60. The Hall–Kier alpha value is -1.61. The Kier molecular flexibility index (Phi) is 2.69. The van der Waals surface area contributed by atoms with Crippen LogP contribution in [0.5, 0.6) is 0 Å². The molecule has 0 radical (unpaired) electrons. The van der Waals surface area contributed by atoms with Crippen molar-refractivity contribution in [2.75, 3.05) is 25.0 Å². The molecule has 1 aromatic heterocycles. The van der Waals surface area contributed by atoms with Crippen molar-refractivity contribution in [3.05, 3.63) is 36.5 Å². The summed E-state index contributed by atoms with van der Waals surface area (Å²) < 4.78 is 0. The molecule has 1 atom stereocenters. The van der Waals surface area contributed by atoms with E-state index in [9.17, 15) is 0 Å². The Bertz CT molecular complexity index is 512. The lowest BCUT2D eigenvalue weighted by molar-refractivity contribution is 0.687. The number of pyridine rings is 1. The van der Waals surface area contributed by atoms with Crippen LogP contribution in [0, 0.1) is 0 Å². The maximum atomic E-state index is 4.41. The van der Waals surface area contributed by atoms with Gasteiger partial charge in [-0.05, 0) is 25.1 Å². The molecular formula is C14H17N3. The zero-order chi connectivity index (χ0) is 11.7. The molecule has 17 heavy (non-hydrogen) atoms. The second kappa shape index (κ2) is 4.34. The maximum Gasteiger partial charge on any atom is 0.0722 e. The van der Waals surface area contributed by atoms with E-state index in [1.54, 1.807) is 0 Å². The van der Waals surface area contributed by atoms with Crippen molar-refractivity contribution < 1.29 is 0 Å². The smallest absolute Gasteiger partial charge is 0.0722 e. The van der Waals surface area contributed by atoms with Crippen LogP contribution in [0.1, 0.15) is 6.42 Å². The van der Waals surface area contributed by atoms with Crippen molar-refractivity contribution in [3.63, 3.8) is 0 Å². The topological polar surface area (TPSA) is 28.2 Å². The van der Waals surface area contributed by atoms with Crippen LogP contribution >= 0.6 is 0 Å². The van der Waals surface area contributed by atoms with E-state index in [2.05, 4.69) is 46.5 Å². The molecule has 0 saturated carbocycles. The molecule has 1 fully saturated rings. The highest BCUT2D eigenvalue weighted by Crippen LogP contribution is 2.26. The average Bonchev–Trinajstić information content (AvgIpc) is 2.91. The van der Waals surface area contributed by atoms with Gasteiger partial charge in [-0.25, -0.2) is 0 Å². The first kappa shape index (κ1) is 10.5. The normalized spacial score (nSPS) is 19.7. The summed E-state index contributed by atoms with van der Waals surface area (Å²) in [7, 11) is 2.18. The van der Waals surface area contributed by atoms with Gasteiger partial charge in [0.2, 0.25) is 0 Å². The first-order valence-corrected chi connectivity index (χ1v) is 6.13. The number of para-hydroxylation sites is 1. The first-order chi connectivity index (χ1) is 8.36. The first-order valence-electron chi connectivity index (χ1n) is 6.13. The monoisotopic (exact) mass is 227 g/mol. The zero-order valence-corrected chi connectivity index (χ0v) is 10.1. The molecule has 2 aromatic rings. The van der Waals surface area contributed by atoms with Gasteiger partial charge >= 0.3 is 0 Å². The predicted molar refractivity (Wildman–Crippen MR) is 71.4 cm³/mol. The average molecular weight is 227 g/mol. The van der Waals surface area contributed by atoms with Crippen molar-refractivity contribution in [2.24, 2.45) is 0 Å². The summed E-state index contributed by atoms with van der Waals surface area (Å²) in [6, 6.07) is 11.0. The van der Waals surface area contributed by atoms with Crippen LogP contribution in [-0.2, 0) is 0 Å². The maximum absolute atomic E-state index is 4.41. The summed E-state index contributed by atoms with van der Waals surface area (Å²) in [5.41, 5.74) is 2.35.